The number of furan rings is 1. The minimum absolute atomic E-state index is 0.0931. The van der Waals surface area contributed by atoms with Crippen LogP contribution in [0.3, 0.4) is 0 Å². The van der Waals surface area contributed by atoms with Crippen molar-refractivity contribution in [1.29, 1.82) is 0 Å². The number of carbonyl (C=O) groups is 1. The maximum atomic E-state index is 12.7. The summed E-state index contributed by atoms with van der Waals surface area (Å²) in [5.74, 6) is 0.698. The fraction of sp³-hybridized carbons (Fsp3) is 0.471. The monoisotopic (exact) mass is 382 g/mol. The number of piperazine rings is 1. The minimum atomic E-state index is -2.88. The molecule has 2 aliphatic heterocycles. The largest absolute Gasteiger partial charge is 0.451 e. The lowest BCUT2D eigenvalue weighted by Crippen LogP contribution is -2.52. The summed E-state index contributed by atoms with van der Waals surface area (Å²) in [6.07, 6.45) is 0.695. The van der Waals surface area contributed by atoms with Crippen molar-refractivity contribution in [2.45, 2.75) is 12.5 Å². The van der Waals surface area contributed by atoms with Crippen LogP contribution in [0.15, 0.2) is 28.7 Å². The molecule has 2 aromatic rings. The van der Waals surface area contributed by atoms with Gasteiger partial charge < -0.3 is 9.32 Å². The molecule has 6 nitrogen and oxygen atoms in total. The quantitative estimate of drug-likeness (QED) is 0.794. The molecule has 4 rings (SSSR count). The highest BCUT2D eigenvalue weighted by Crippen LogP contribution is 2.25. The van der Waals surface area contributed by atoms with Crippen molar-refractivity contribution in [2.75, 3.05) is 37.7 Å². The van der Waals surface area contributed by atoms with E-state index < -0.39 is 9.84 Å². The zero-order valence-electron chi connectivity index (χ0n) is 13.7. The molecule has 2 saturated heterocycles. The van der Waals surface area contributed by atoms with Crippen molar-refractivity contribution >= 4 is 38.3 Å². The van der Waals surface area contributed by atoms with Crippen LogP contribution in [0.4, 0.5) is 0 Å². The number of halogens is 1. The number of benzene rings is 1. The van der Waals surface area contributed by atoms with Crippen LogP contribution in [-0.4, -0.2) is 67.9 Å². The molecule has 2 aliphatic rings. The van der Waals surface area contributed by atoms with Gasteiger partial charge in [0.05, 0.1) is 11.5 Å². The molecular weight excluding hydrogens is 364 g/mol. The van der Waals surface area contributed by atoms with E-state index in [1.807, 2.05) is 0 Å². The lowest BCUT2D eigenvalue weighted by Gasteiger charge is -2.37. The molecule has 1 atom stereocenters. The molecule has 0 unspecified atom stereocenters. The molecule has 0 radical (unpaired) electrons. The molecule has 3 heterocycles. The lowest BCUT2D eigenvalue weighted by molar-refractivity contribution is 0.0561. The van der Waals surface area contributed by atoms with Gasteiger partial charge in [-0.15, -0.1) is 0 Å². The lowest BCUT2D eigenvalue weighted by atomic mass is 10.2. The van der Waals surface area contributed by atoms with Gasteiger partial charge in [0.2, 0.25) is 0 Å². The molecule has 0 aliphatic carbocycles. The Kier molecular flexibility index (Phi) is 4.25. The van der Waals surface area contributed by atoms with Gasteiger partial charge in [-0.25, -0.2) is 8.42 Å². The maximum Gasteiger partial charge on any atom is 0.289 e. The van der Waals surface area contributed by atoms with Crippen LogP contribution in [0.25, 0.3) is 11.0 Å². The first-order valence-corrected chi connectivity index (χ1v) is 10.5. The minimum Gasteiger partial charge on any atom is -0.451 e. The van der Waals surface area contributed by atoms with E-state index in [4.69, 9.17) is 16.0 Å². The highest BCUT2D eigenvalue weighted by Gasteiger charge is 2.34. The summed E-state index contributed by atoms with van der Waals surface area (Å²) in [5, 5.41) is 1.41. The first-order chi connectivity index (χ1) is 11.9. The van der Waals surface area contributed by atoms with E-state index in [1.165, 1.54) is 0 Å². The van der Waals surface area contributed by atoms with Crippen molar-refractivity contribution in [1.82, 2.24) is 9.80 Å². The van der Waals surface area contributed by atoms with Crippen molar-refractivity contribution in [3.63, 3.8) is 0 Å². The van der Waals surface area contributed by atoms with E-state index in [2.05, 4.69) is 4.90 Å². The van der Waals surface area contributed by atoms with Gasteiger partial charge in [-0.3, -0.25) is 9.69 Å². The summed E-state index contributed by atoms with van der Waals surface area (Å²) in [7, 11) is -2.88. The normalized spacial score (nSPS) is 24.0. The Hall–Kier alpha value is -1.57. The Labute approximate surface area is 151 Å². The van der Waals surface area contributed by atoms with E-state index in [0.29, 0.717) is 49.0 Å². The van der Waals surface area contributed by atoms with Crippen molar-refractivity contribution in [2.24, 2.45) is 0 Å². The van der Waals surface area contributed by atoms with Crippen molar-refractivity contribution in [3.05, 3.63) is 35.0 Å². The van der Waals surface area contributed by atoms with Gasteiger partial charge >= 0.3 is 0 Å². The van der Waals surface area contributed by atoms with Crippen LogP contribution in [0.2, 0.25) is 5.02 Å². The van der Waals surface area contributed by atoms with Gasteiger partial charge in [-0.1, -0.05) is 11.6 Å². The third kappa shape index (κ3) is 3.41. The molecular formula is C17H19ClN2O4S. The molecule has 134 valence electrons. The van der Waals surface area contributed by atoms with E-state index in [9.17, 15) is 13.2 Å². The van der Waals surface area contributed by atoms with Crippen LogP contribution in [0.5, 0.6) is 0 Å². The van der Waals surface area contributed by atoms with Gasteiger partial charge in [0.15, 0.2) is 15.6 Å². The number of hydrogen-bond donors (Lipinski definition) is 0. The van der Waals surface area contributed by atoms with Crippen molar-refractivity contribution < 1.29 is 17.6 Å². The van der Waals surface area contributed by atoms with Crippen LogP contribution in [-0.2, 0) is 9.84 Å². The zero-order valence-corrected chi connectivity index (χ0v) is 15.2. The SMILES string of the molecule is O=C(c1cc2cc(Cl)ccc2o1)N1CCN([C@@H]2CCS(=O)(=O)C2)CC1. The average Bonchev–Trinajstić information content (AvgIpc) is 3.17. The second-order valence-corrected chi connectivity index (χ2v) is 9.34. The fourth-order valence-electron chi connectivity index (χ4n) is 3.63. The summed E-state index contributed by atoms with van der Waals surface area (Å²) < 4.78 is 28.9. The topological polar surface area (TPSA) is 70.8 Å². The summed E-state index contributed by atoms with van der Waals surface area (Å²) in [4.78, 5) is 16.6. The Bertz CT molecular complexity index is 916. The van der Waals surface area contributed by atoms with Crippen molar-refractivity contribution in [3.8, 4) is 0 Å². The van der Waals surface area contributed by atoms with Gasteiger partial charge in [0.1, 0.15) is 5.58 Å². The molecule has 0 N–H and O–H groups in total. The summed E-state index contributed by atoms with van der Waals surface area (Å²) in [6, 6.07) is 7.08. The number of hydrogen-bond acceptors (Lipinski definition) is 5. The van der Waals surface area contributed by atoms with E-state index in [-0.39, 0.29) is 23.5 Å². The van der Waals surface area contributed by atoms with E-state index in [1.54, 1.807) is 29.2 Å². The van der Waals surface area contributed by atoms with Crippen LogP contribution in [0.1, 0.15) is 17.0 Å². The molecule has 0 spiro atoms. The van der Waals surface area contributed by atoms with Crippen LogP contribution >= 0.6 is 11.6 Å². The Balaban J connectivity index is 1.42. The van der Waals surface area contributed by atoms with Crippen LogP contribution < -0.4 is 0 Å². The number of fused-ring (bicyclic) bond motifs is 1. The average molecular weight is 383 g/mol. The molecule has 0 saturated carbocycles. The zero-order chi connectivity index (χ0) is 17.6. The molecule has 25 heavy (non-hydrogen) atoms. The smallest absolute Gasteiger partial charge is 0.289 e. The molecule has 1 amide bonds. The highest BCUT2D eigenvalue weighted by molar-refractivity contribution is 7.91. The number of rotatable bonds is 2. The highest BCUT2D eigenvalue weighted by atomic mass is 35.5. The number of sulfone groups is 1. The summed E-state index contributed by atoms with van der Waals surface area (Å²) in [5.41, 5.74) is 0.641. The van der Waals surface area contributed by atoms with Gasteiger partial charge in [-0.2, -0.15) is 0 Å². The second kappa shape index (κ2) is 6.30. The third-order valence-electron chi connectivity index (χ3n) is 5.02. The maximum absolute atomic E-state index is 12.7. The molecule has 8 heteroatoms. The third-order valence-corrected chi connectivity index (χ3v) is 7.00. The number of nitrogens with zero attached hydrogens (tertiary/aromatic N) is 2. The number of carbonyl (C=O) groups excluding carboxylic acids is 1. The van der Waals surface area contributed by atoms with Gasteiger partial charge in [0.25, 0.3) is 5.91 Å². The second-order valence-electron chi connectivity index (χ2n) is 6.68. The Morgan fingerprint density at radius 2 is 1.92 bits per heavy atom. The van der Waals surface area contributed by atoms with Gasteiger partial charge in [-0.05, 0) is 30.7 Å². The summed E-state index contributed by atoms with van der Waals surface area (Å²) in [6.45, 7) is 2.54. The fourth-order valence-corrected chi connectivity index (χ4v) is 5.57. The molecule has 1 aromatic carbocycles. The first-order valence-electron chi connectivity index (χ1n) is 8.34. The number of amides is 1. The Morgan fingerprint density at radius 3 is 2.60 bits per heavy atom. The van der Waals surface area contributed by atoms with Gasteiger partial charge in [0, 0.05) is 42.6 Å². The molecule has 1 aromatic heterocycles. The molecule has 0 bridgehead atoms. The standard InChI is InChI=1S/C17H19ClN2O4S/c18-13-1-2-15-12(9-13)10-16(24-15)17(21)20-6-4-19(5-7-20)14-3-8-25(22,23)11-14/h1-2,9-10,14H,3-8,11H2/t14-/m1/s1. The molecule has 2 fully saturated rings. The van der Waals surface area contributed by atoms with Crippen LogP contribution in [0, 0.1) is 0 Å². The predicted molar refractivity (Wildman–Crippen MR) is 95.8 cm³/mol. The first kappa shape index (κ1) is 16.9. The summed E-state index contributed by atoms with van der Waals surface area (Å²) >= 11 is 5.97. The Morgan fingerprint density at radius 1 is 1.16 bits per heavy atom. The predicted octanol–water partition coefficient (Wildman–Crippen LogP) is 2.03. The van der Waals surface area contributed by atoms with E-state index >= 15 is 0 Å². The van der Waals surface area contributed by atoms with E-state index in [0.717, 1.165) is 5.39 Å².